The normalized spacial score (nSPS) is 11.7. The summed E-state index contributed by atoms with van der Waals surface area (Å²) in [5.41, 5.74) is -0.131. The summed E-state index contributed by atoms with van der Waals surface area (Å²) >= 11 is 3.87. The fourth-order valence-electron chi connectivity index (χ4n) is 0.744. The second-order valence-corrected chi connectivity index (χ2v) is 3.63. The Labute approximate surface area is 82.6 Å². The maximum Gasteiger partial charge on any atom is 0.417 e. The minimum atomic E-state index is -4.31. The van der Waals surface area contributed by atoms with Crippen LogP contribution in [0.2, 0.25) is 0 Å². The van der Waals surface area contributed by atoms with Crippen LogP contribution in [-0.2, 0) is 11.9 Å². The molecule has 13 heavy (non-hydrogen) atoms. The molecule has 0 aliphatic rings. The third kappa shape index (κ3) is 3.11. The number of halogens is 3. The van der Waals surface area contributed by atoms with E-state index < -0.39 is 11.7 Å². The van der Waals surface area contributed by atoms with Gasteiger partial charge in [0.1, 0.15) is 0 Å². The molecule has 0 saturated carbocycles. The van der Waals surface area contributed by atoms with Crippen molar-refractivity contribution in [3.63, 3.8) is 0 Å². The van der Waals surface area contributed by atoms with E-state index in [1.165, 1.54) is 16.9 Å². The van der Waals surface area contributed by atoms with Crippen molar-refractivity contribution in [3.05, 3.63) is 29.6 Å². The lowest BCUT2D eigenvalue weighted by Gasteiger charge is -2.05. The minimum Gasteiger partial charge on any atom is -0.260 e. The van der Waals surface area contributed by atoms with Crippen LogP contribution in [0, 0.1) is 0 Å². The molecule has 1 aromatic heterocycles. The van der Waals surface area contributed by atoms with Gasteiger partial charge in [-0.25, -0.2) is 0 Å². The van der Waals surface area contributed by atoms with E-state index in [9.17, 15) is 13.2 Å². The van der Waals surface area contributed by atoms with Crippen molar-refractivity contribution in [1.29, 1.82) is 0 Å². The Balaban J connectivity index is 2.81. The molecular weight excluding hydrogens is 219 g/mol. The Hall–Kier alpha value is -0.360. The molecule has 0 saturated heterocycles. The van der Waals surface area contributed by atoms with E-state index in [-0.39, 0.29) is 0 Å². The number of aromatic nitrogens is 1. The highest BCUT2D eigenvalue weighted by atomic mass is 33.1. The molecule has 0 fully saturated rings. The molecule has 0 N–H and O–H groups in total. The van der Waals surface area contributed by atoms with E-state index in [2.05, 4.69) is 16.6 Å². The summed E-state index contributed by atoms with van der Waals surface area (Å²) in [6.45, 7) is 0. The van der Waals surface area contributed by atoms with Gasteiger partial charge in [0.05, 0.1) is 11.3 Å². The molecule has 1 rings (SSSR count). The molecule has 0 bridgehead atoms. The zero-order valence-electron chi connectivity index (χ0n) is 6.38. The average molecular weight is 225 g/mol. The smallest absolute Gasteiger partial charge is 0.260 e. The maximum absolute atomic E-state index is 12.0. The molecule has 72 valence electrons. The minimum absolute atomic E-state index is 0.501. The Morgan fingerprint density at radius 1 is 1.38 bits per heavy atom. The van der Waals surface area contributed by atoms with Crippen molar-refractivity contribution >= 4 is 22.5 Å². The van der Waals surface area contributed by atoms with Crippen LogP contribution in [0.5, 0.6) is 0 Å². The third-order valence-electron chi connectivity index (χ3n) is 1.36. The predicted octanol–water partition coefficient (Wildman–Crippen LogP) is 3.18. The van der Waals surface area contributed by atoms with Gasteiger partial charge < -0.3 is 0 Å². The van der Waals surface area contributed by atoms with Crippen LogP contribution in [0.15, 0.2) is 18.3 Å². The van der Waals surface area contributed by atoms with Crippen molar-refractivity contribution in [3.8, 4) is 0 Å². The van der Waals surface area contributed by atoms with Crippen LogP contribution in [-0.4, -0.2) is 4.98 Å². The average Bonchev–Trinajstić information content (AvgIpc) is 2.04. The standard InChI is InChI=1S/C7H6F3NS2/c8-7(9,10)5-1-2-6(4-13-12)11-3-5/h1-3,12H,4H2. The van der Waals surface area contributed by atoms with Gasteiger partial charge in [-0.05, 0) is 12.1 Å². The first kappa shape index (κ1) is 10.7. The predicted molar refractivity (Wildman–Crippen MR) is 49.5 cm³/mol. The van der Waals surface area contributed by atoms with E-state index in [4.69, 9.17) is 0 Å². The van der Waals surface area contributed by atoms with Gasteiger partial charge in [0.15, 0.2) is 0 Å². The second-order valence-electron chi connectivity index (χ2n) is 2.31. The number of rotatable bonds is 2. The van der Waals surface area contributed by atoms with Crippen LogP contribution in [0.4, 0.5) is 13.2 Å². The number of nitrogens with zero attached hydrogens (tertiary/aromatic N) is 1. The molecular formula is C7H6F3NS2. The highest BCUT2D eigenvalue weighted by Crippen LogP contribution is 2.28. The summed E-state index contributed by atoms with van der Waals surface area (Å²) in [6.07, 6.45) is -3.47. The number of pyridine rings is 1. The van der Waals surface area contributed by atoms with Gasteiger partial charge in [0, 0.05) is 11.9 Å². The van der Waals surface area contributed by atoms with Crippen LogP contribution >= 0.6 is 22.5 Å². The van der Waals surface area contributed by atoms with Crippen molar-refractivity contribution in [2.75, 3.05) is 0 Å². The zero-order chi connectivity index (χ0) is 9.90. The highest BCUT2D eigenvalue weighted by Gasteiger charge is 2.30. The van der Waals surface area contributed by atoms with E-state index in [0.29, 0.717) is 11.4 Å². The fraction of sp³-hybridized carbons (Fsp3) is 0.286. The first-order valence-electron chi connectivity index (χ1n) is 3.32. The van der Waals surface area contributed by atoms with Gasteiger partial charge in [-0.3, -0.25) is 4.98 Å². The summed E-state index contributed by atoms with van der Waals surface area (Å²) in [7, 11) is 1.22. The molecule has 0 amide bonds. The molecule has 0 aliphatic carbocycles. The van der Waals surface area contributed by atoms with E-state index in [1.807, 2.05) is 0 Å². The lowest BCUT2D eigenvalue weighted by Crippen LogP contribution is -2.05. The lowest BCUT2D eigenvalue weighted by atomic mass is 10.2. The highest BCUT2D eigenvalue weighted by molar-refractivity contribution is 8.68. The van der Waals surface area contributed by atoms with Crippen LogP contribution in [0.25, 0.3) is 0 Å². The summed E-state index contributed by atoms with van der Waals surface area (Å²) in [4.78, 5) is 3.65. The van der Waals surface area contributed by atoms with Crippen LogP contribution in [0.1, 0.15) is 11.3 Å². The van der Waals surface area contributed by atoms with Crippen molar-refractivity contribution in [2.24, 2.45) is 0 Å². The molecule has 0 spiro atoms. The SMILES string of the molecule is FC(F)(F)c1ccc(CSS)nc1. The molecule has 1 aromatic rings. The summed E-state index contributed by atoms with van der Waals surface area (Å²) in [5, 5.41) is 0. The Bertz CT molecular complexity index is 270. The Kier molecular flexibility index (Phi) is 3.49. The molecule has 0 aromatic carbocycles. The van der Waals surface area contributed by atoms with E-state index in [1.54, 1.807) is 0 Å². The summed E-state index contributed by atoms with van der Waals surface area (Å²) < 4.78 is 36.1. The molecule has 6 heteroatoms. The number of alkyl halides is 3. The Morgan fingerprint density at radius 2 is 2.08 bits per heavy atom. The van der Waals surface area contributed by atoms with Crippen molar-refractivity contribution in [2.45, 2.75) is 11.9 Å². The maximum atomic E-state index is 12.0. The lowest BCUT2D eigenvalue weighted by molar-refractivity contribution is -0.137. The summed E-state index contributed by atoms with van der Waals surface area (Å²) in [6, 6.07) is 2.37. The van der Waals surface area contributed by atoms with E-state index >= 15 is 0 Å². The second kappa shape index (κ2) is 4.23. The summed E-state index contributed by atoms with van der Waals surface area (Å²) in [5.74, 6) is 0.501. The third-order valence-corrected chi connectivity index (χ3v) is 2.18. The van der Waals surface area contributed by atoms with Crippen molar-refractivity contribution in [1.82, 2.24) is 4.98 Å². The molecule has 1 heterocycles. The van der Waals surface area contributed by atoms with Gasteiger partial charge in [-0.2, -0.15) is 13.2 Å². The first-order valence-corrected chi connectivity index (χ1v) is 5.36. The molecule has 0 unspecified atom stereocenters. The zero-order valence-corrected chi connectivity index (χ0v) is 8.09. The molecule has 0 atom stereocenters. The number of hydrogen-bond acceptors (Lipinski definition) is 3. The van der Waals surface area contributed by atoms with Crippen molar-refractivity contribution < 1.29 is 13.2 Å². The topological polar surface area (TPSA) is 12.9 Å². The van der Waals surface area contributed by atoms with Gasteiger partial charge >= 0.3 is 6.18 Å². The van der Waals surface area contributed by atoms with Crippen LogP contribution < -0.4 is 0 Å². The molecule has 0 aliphatic heterocycles. The molecule has 1 nitrogen and oxygen atoms in total. The monoisotopic (exact) mass is 225 g/mol. The van der Waals surface area contributed by atoms with E-state index in [0.717, 1.165) is 12.3 Å². The Morgan fingerprint density at radius 3 is 2.46 bits per heavy atom. The first-order chi connectivity index (χ1) is 6.04. The largest absolute Gasteiger partial charge is 0.417 e. The number of hydrogen-bond donors (Lipinski definition) is 1. The van der Waals surface area contributed by atoms with Gasteiger partial charge in [0.25, 0.3) is 0 Å². The van der Waals surface area contributed by atoms with Crippen LogP contribution in [0.3, 0.4) is 0 Å². The van der Waals surface area contributed by atoms with Gasteiger partial charge in [-0.15, -0.1) is 11.7 Å². The van der Waals surface area contributed by atoms with Gasteiger partial charge in [0.2, 0.25) is 0 Å². The fourth-order valence-corrected chi connectivity index (χ4v) is 1.44. The molecule has 0 radical (unpaired) electrons. The van der Waals surface area contributed by atoms with Gasteiger partial charge in [-0.1, -0.05) is 10.8 Å². The number of thiol groups is 1. The quantitative estimate of drug-likeness (QED) is 0.613.